The number of likely N-dealkylation sites (N-methyl/N-ethyl adjacent to an activating group) is 1. The summed E-state index contributed by atoms with van der Waals surface area (Å²) in [6.45, 7) is 5.02. The largest absolute Gasteiger partial charge is 0.497 e. The van der Waals surface area contributed by atoms with Crippen LogP contribution in [-0.2, 0) is 9.59 Å². The maximum Gasteiger partial charge on any atom is 0.279 e. The molecule has 1 aliphatic rings. The molecule has 26 heavy (non-hydrogen) atoms. The summed E-state index contributed by atoms with van der Waals surface area (Å²) in [6, 6.07) is 7.44. The fraction of sp³-hybridized carbons (Fsp3) is 0.600. The van der Waals surface area contributed by atoms with Crippen molar-refractivity contribution in [1.29, 1.82) is 0 Å². The van der Waals surface area contributed by atoms with Crippen LogP contribution in [0, 0.1) is 11.8 Å². The fourth-order valence-electron chi connectivity index (χ4n) is 3.53. The molecule has 1 unspecified atom stereocenters. The summed E-state index contributed by atoms with van der Waals surface area (Å²) >= 11 is 0. The van der Waals surface area contributed by atoms with E-state index in [-0.39, 0.29) is 24.4 Å². The summed E-state index contributed by atoms with van der Waals surface area (Å²) in [4.78, 5) is 25.3. The highest BCUT2D eigenvalue weighted by atomic mass is 16.5. The van der Waals surface area contributed by atoms with Gasteiger partial charge in [0.25, 0.3) is 11.8 Å². The van der Waals surface area contributed by atoms with Gasteiger partial charge in [0.15, 0.2) is 13.1 Å². The lowest BCUT2D eigenvalue weighted by atomic mass is 9.78. The lowest BCUT2D eigenvalue weighted by Gasteiger charge is -2.34. The first-order valence-electron chi connectivity index (χ1n) is 9.43. The topological polar surface area (TPSA) is 71.9 Å². The number of amides is 2. The van der Waals surface area contributed by atoms with Gasteiger partial charge in [-0.2, -0.15) is 0 Å². The molecular weight excluding hydrogens is 330 g/mol. The summed E-state index contributed by atoms with van der Waals surface area (Å²) in [6.07, 6.45) is 3.46. The highest BCUT2D eigenvalue weighted by Gasteiger charge is 2.28. The number of methoxy groups -OCH3 is 1. The zero-order valence-electron chi connectivity index (χ0n) is 16.3. The molecule has 4 atom stereocenters. The highest BCUT2D eigenvalue weighted by molar-refractivity contribution is 5.91. The summed E-state index contributed by atoms with van der Waals surface area (Å²) in [5.41, 5.74) is 0.720. The van der Waals surface area contributed by atoms with Crippen molar-refractivity contribution in [2.24, 2.45) is 11.8 Å². The minimum absolute atomic E-state index is 0.0192. The summed E-state index contributed by atoms with van der Waals surface area (Å²) in [5.74, 6) is 1.81. The monoisotopic (exact) mass is 362 g/mol. The minimum Gasteiger partial charge on any atom is -0.497 e. The number of hydrogen-bond acceptors (Lipinski definition) is 3. The van der Waals surface area contributed by atoms with E-state index in [1.165, 1.54) is 12.8 Å². The summed E-state index contributed by atoms with van der Waals surface area (Å²) in [5, 5.41) is 6.00. The van der Waals surface area contributed by atoms with Crippen molar-refractivity contribution in [3.8, 4) is 5.75 Å². The van der Waals surface area contributed by atoms with Crippen LogP contribution in [0.4, 0.5) is 5.69 Å². The predicted molar refractivity (Wildman–Crippen MR) is 102 cm³/mol. The second kappa shape index (κ2) is 9.57. The summed E-state index contributed by atoms with van der Waals surface area (Å²) in [7, 11) is 3.46. The molecule has 0 aromatic heterocycles. The zero-order valence-corrected chi connectivity index (χ0v) is 16.3. The van der Waals surface area contributed by atoms with Crippen molar-refractivity contribution in [2.45, 2.75) is 39.2 Å². The first-order valence-corrected chi connectivity index (χ1v) is 9.43. The van der Waals surface area contributed by atoms with Crippen molar-refractivity contribution < 1.29 is 19.2 Å². The number of benzene rings is 1. The molecule has 0 heterocycles. The van der Waals surface area contributed by atoms with Crippen molar-refractivity contribution >= 4 is 17.5 Å². The Labute approximate surface area is 156 Å². The van der Waals surface area contributed by atoms with E-state index in [1.54, 1.807) is 31.4 Å². The van der Waals surface area contributed by atoms with Gasteiger partial charge in [-0.3, -0.25) is 9.59 Å². The SMILES string of the molecule is COc1ccc(NC(=O)C[NH+](C)CC(=O)N[C@H]2CCC[C@H](C)[C@H]2C)cc1. The van der Waals surface area contributed by atoms with E-state index in [0.717, 1.165) is 22.8 Å². The van der Waals surface area contributed by atoms with Crippen LogP contribution in [0.3, 0.4) is 0 Å². The lowest BCUT2D eigenvalue weighted by Crippen LogP contribution is -3.11. The first kappa shape index (κ1) is 20.2. The van der Waals surface area contributed by atoms with Crippen LogP contribution in [0.5, 0.6) is 5.75 Å². The molecule has 144 valence electrons. The van der Waals surface area contributed by atoms with Gasteiger partial charge in [-0.05, 0) is 42.5 Å². The van der Waals surface area contributed by atoms with Gasteiger partial charge in [0.1, 0.15) is 5.75 Å². The molecule has 0 radical (unpaired) electrons. The van der Waals surface area contributed by atoms with Gasteiger partial charge in [-0.25, -0.2) is 0 Å². The Kier molecular flexibility index (Phi) is 7.45. The van der Waals surface area contributed by atoms with E-state index in [2.05, 4.69) is 24.5 Å². The molecule has 0 aliphatic heterocycles. The zero-order chi connectivity index (χ0) is 19.1. The van der Waals surface area contributed by atoms with Crippen molar-refractivity contribution in [2.75, 3.05) is 32.6 Å². The molecule has 0 bridgehead atoms. The van der Waals surface area contributed by atoms with Crippen LogP contribution in [0.2, 0.25) is 0 Å². The van der Waals surface area contributed by atoms with Crippen LogP contribution >= 0.6 is 0 Å². The van der Waals surface area contributed by atoms with E-state index in [1.807, 2.05) is 7.05 Å². The van der Waals surface area contributed by atoms with Crippen LogP contribution in [0.25, 0.3) is 0 Å². The second-order valence-corrected chi connectivity index (χ2v) is 7.53. The van der Waals surface area contributed by atoms with E-state index < -0.39 is 0 Å². The van der Waals surface area contributed by atoms with E-state index in [9.17, 15) is 9.59 Å². The maximum atomic E-state index is 12.3. The number of carbonyl (C=O) groups excluding carboxylic acids is 2. The Morgan fingerprint density at radius 3 is 2.42 bits per heavy atom. The third kappa shape index (κ3) is 6.02. The van der Waals surface area contributed by atoms with Gasteiger partial charge in [0, 0.05) is 11.7 Å². The van der Waals surface area contributed by atoms with Crippen LogP contribution < -0.4 is 20.3 Å². The average molecular weight is 362 g/mol. The van der Waals surface area contributed by atoms with E-state index in [4.69, 9.17) is 4.74 Å². The predicted octanol–water partition coefficient (Wildman–Crippen LogP) is 1.09. The highest BCUT2D eigenvalue weighted by Crippen LogP contribution is 2.29. The molecule has 3 N–H and O–H groups in total. The van der Waals surface area contributed by atoms with Crippen molar-refractivity contribution in [3.63, 3.8) is 0 Å². The van der Waals surface area contributed by atoms with Crippen molar-refractivity contribution in [3.05, 3.63) is 24.3 Å². The van der Waals surface area contributed by atoms with Crippen LogP contribution in [0.15, 0.2) is 24.3 Å². The fourth-order valence-corrected chi connectivity index (χ4v) is 3.53. The number of carbonyl (C=O) groups is 2. The molecule has 2 rings (SSSR count). The Morgan fingerprint density at radius 1 is 1.12 bits per heavy atom. The molecule has 6 nitrogen and oxygen atoms in total. The Hall–Kier alpha value is -2.08. The van der Waals surface area contributed by atoms with Gasteiger partial charge in [0.05, 0.1) is 14.2 Å². The number of quaternary nitrogens is 1. The Morgan fingerprint density at radius 2 is 1.77 bits per heavy atom. The van der Waals surface area contributed by atoms with Crippen LogP contribution in [0.1, 0.15) is 33.1 Å². The third-order valence-electron chi connectivity index (χ3n) is 5.35. The van der Waals surface area contributed by atoms with Gasteiger partial charge in [-0.1, -0.05) is 26.7 Å². The third-order valence-corrected chi connectivity index (χ3v) is 5.35. The van der Waals surface area contributed by atoms with Gasteiger partial charge in [0.2, 0.25) is 0 Å². The number of rotatable bonds is 7. The molecule has 1 aromatic carbocycles. The Balaban J connectivity index is 1.75. The van der Waals surface area contributed by atoms with Gasteiger partial charge in [-0.15, -0.1) is 0 Å². The van der Waals surface area contributed by atoms with E-state index >= 15 is 0 Å². The minimum atomic E-state index is -0.111. The second-order valence-electron chi connectivity index (χ2n) is 7.53. The number of ether oxygens (including phenoxy) is 1. The molecule has 1 aliphatic carbocycles. The lowest BCUT2D eigenvalue weighted by molar-refractivity contribution is -0.862. The quantitative estimate of drug-likeness (QED) is 0.680. The molecule has 2 amide bonds. The van der Waals surface area contributed by atoms with Crippen LogP contribution in [-0.4, -0.2) is 45.1 Å². The van der Waals surface area contributed by atoms with Gasteiger partial charge >= 0.3 is 0 Å². The molecule has 1 fully saturated rings. The number of hydrogen-bond donors (Lipinski definition) is 3. The molecule has 0 spiro atoms. The number of anilines is 1. The molecule has 1 aromatic rings. The maximum absolute atomic E-state index is 12.3. The molecular formula is C20H32N3O3+. The van der Waals surface area contributed by atoms with E-state index in [0.29, 0.717) is 18.4 Å². The van der Waals surface area contributed by atoms with Crippen molar-refractivity contribution in [1.82, 2.24) is 5.32 Å². The average Bonchev–Trinajstić information content (AvgIpc) is 2.59. The Bertz CT molecular complexity index is 603. The molecule has 0 saturated heterocycles. The first-order chi connectivity index (χ1) is 12.4. The number of nitrogens with one attached hydrogen (secondary N) is 3. The normalized spacial score (nSPS) is 23.8. The molecule has 1 saturated carbocycles. The smallest absolute Gasteiger partial charge is 0.279 e. The molecule has 6 heteroatoms. The summed E-state index contributed by atoms with van der Waals surface area (Å²) < 4.78 is 5.10. The van der Waals surface area contributed by atoms with Gasteiger partial charge < -0.3 is 20.3 Å². The standard InChI is InChI=1S/C20H31N3O3/c1-14-6-5-7-18(15(14)2)22-20(25)13-23(3)12-19(24)21-16-8-10-17(26-4)11-9-16/h8-11,14-15,18H,5-7,12-13H2,1-4H3,(H,21,24)(H,22,25)/p+1/t14-,15+,18-/m0/s1.